The number of ketones is 1. The maximum Gasteiger partial charge on any atom is 0.176 e. The highest BCUT2D eigenvalue weighted by molar-refractivity contribution is 5.92. The van der Waals surface area contributed by atoms with E-state index in [9.17, 15) is 4.79 Å². The van der Waals surface area contributed by atoms with E-state index in [2.05, 4.69) is 4.57 Å². The average molecular weight is 191 g/mol. The van der Waals surface area contributed by atoms with Gasteiger partial charge in [-0.2, -0.15) is 0 Å². The molecule has 0 spiro atoms. The highest BCUT2D eigenvalue weighted by atomic mass is 16.1. The minimum absolute atomic E-state index is 0.174. The van der Waals surface area contributed by atoms with Crippen LogP contribution in [0.2, 0.25) is 0 Å². The van der Waals surface area contributed by atoms with Crippen LogP contribution >= 0.6 is 0 Å². The monoisotopic (exact) mass is 191 g/mol. The average Bonchev–Trinajstić information content (AvgIpc) is 2.75. The molecular formula is C12H17NO. The highest BCUT2D eigenvalue weighted by Crippen LogP contribution is 2.26. The van der Waals surface area contributed by atoms with Gasteiger partial charge in [0.2, 0.25) is 0 Å². The van der Waals surface area contributed by atoms with Gasteiger partial charge in [0.15, 0.2) is 5.78 Å². The number of nitrogens with zero attached hydrogens (tertiary/aromatic N) is 1. The molecule has 0 atom stereocenters. The van der Waals surface area contributed by atoms with Crippen LogP contribution < -0.4 is 0 Å². The van der Waals surface area contributed by atoms with Crippen molar-refractivity contribution in [3.8, 4) is 0 Å². The maximum absolute atomic E-state index is 11.3. The third-order valence-electron chi connectivity index (χ3n) is 3.12. The largest absolute Gasteiger partial charge is 0.345 e. The summed E-state index contributed by atoms with van der Waals surface area (Å²) in [5, 5.41) is 0. The Morgan fingerprint density at radius 1 is 1.50 bits per heavy atom. The lowest BCUT2D eigenvalue weighted by atomic mass is 10.1. The molecule has 2 heteroatoms. The lowest BCUT2D eigenvalue weighted by Gasteiger charge is -2.12. The second-order valence-corrected chi connectivity index (χ2v) is 4.25. The van der Waals surface area contributed by atoms with Crippen molar-refractivity contribution < 1.29 is 4.79 Å². The van der Waals surface area contributed by atoms with Crippen molar-refractivity contribution >= 4 is 5.78 Å². The van der Waals surface area contributed by atoms with E-state index in [0.717, 1.165) is 18.2 Å². The van der Waals surface area contributed by atoms with E-state index in [1.807, 2.05) is 18.3 Å². The van der Waals surface area contributed by atoms with Crippen molar-refractivity contribution in [1.29, 1.82) is 0 Å². The van der Waals surface area contributed by atoms with E-state index in [1.165, 1.54) is 25.7 Å². The maximum atomic E-state index is 11.3. The smallest absolute Gasteiger partial charge is 0.176 e. The molecule has 0 aliphatic heterocycles. The summed E-state index contributed by atoms with van der Waals surface area (Å²) in [6.07, 6.45) is 7.41. The van der Waals surface area contributed by atoms with Crippen molar-refractivity contribution in [1.82, 2.24) is 4.57 Å². The van der Waals surface area contributed by atoms with Crippen LogP contribution in [0, 0.1) is 5.92 Å². The van der Waals surface area contributed by atoms with Gasteiger partial charge in [-0.1, -0.05) is 12.8 Å². The molecule has 76 valence electrons. The van der Waals surface area contributed by atoms with Crippen LogP contribution in [-0.4, -0.2) is 10.4 Å². The van der Waals surface area contributed by atoms with Gasteiger partial charge in [-0.15, -0.1) is 0 Å². The van der Waals surface area contributed by atoms with E-state index in [-0.39, 0.29) is 5.78 Å². The fraction of sp³-hybridized carbons (Fsp3) is 0.583. The molecule has 0 aromatic carbocycles. The first-order valence-corrected chi connectivity index (χ1v) is 5.43. The molecule has 1 fully saturated rings. The van der Waals surface area contributed by atoms with E-state index in [0.29, 0.717) is 0 Å². The van der Waals surface area contributed by atoms with Crippen LogP contribution in [0.15, 0.2) is 18.3 Å². The van der Waals surface area contributed by atoms with Crippen molar-refractivity contribution in [3.05, 3.63) is 24.0 Å². The first kappa shape index (κ1) is 9.50. The summed E-state index contributed by atoms with van der Waals surface area (Å²) in [4.78, 5) is 11.3. The minimum Gasteiger partial charge on any atom is -0.345 e. The van der Waals surface area contributed by atoms with Gasteiger partial charge in [0.05, 0.1) is 5.69 Å². The number of aromatic nitrogens is 1. The van der Waals surface area contributed by atoms with E-state index in [1.54, 1.807) is 6.92 Å². The molecule has 2 nitrogen and oxygen atoms in total. The second-order valence-electron chi connectivity index (χ2n) is 4.25. The van der Waals surface area contributed by atoms with Crippen molar-refractivity contribution in [3.63, 3.8) is 0 Å². The molecule has 1 aromatic heterocycles. The SMILES string of the molecule is CC(=O)c1cccn1CC1CCCC1. The van der Waals surface area contributed by atoms with Gasteiger partial charge in [-0.05, 0) is 30.9 Å². The quantitative estimate of drug-likeness (QED) is 0.673. The molecule has 1 heterocycles. The zero-order chi connectivity index (χ0) is 9.97. The van der Waals surface area contributed by atoms with Gasteiger partial charge >= 0.3 is 0 Å². The Morgan fingerprint density at radius 3 is 2.86 bits per heavy atom. The van der Waals surface area contributed by atoms with Crippen molar-refractivity contribution in [2.75, 3.05) is 0 Å². The summed E-state index contributed by atoms with van der Waals surface area (Å²) in [5.41, 5.74) is 0.858. The summed E-state index contributed by atoms with van der Waals surface area (Å²) < 4.78 is 2.11. The lowest BCUT2D eigenvalue weighted by molar-refractivity contribution is 0.100. The second kappa shape index (κ2) is 3.99. The number of hydrogen-bond donors (Lipinski definition) is 0. The molecule has 1 aliphatic rings. The van der Waals surface area contributed by atoms with Gasteiger partial charge in [0, 0.05) is 19.7 Å². The fourth-order valence-electron chi connectivity index (χ4n) is 2.36. The minimum atomic E-state index is 0.174. The number of hydrogen-bond acceptors (Lipinski definition) is 1. The molecular weight excluding hydrogens is 174 g/mol. The van der Waals surface area contributed by atoms with E-state index < -0.39 is 0 Å². The normalized spacial score (nSPS) is 17.5. The summed E-state index contributed by atoms with van der Waals surface area (Å²) in [5.74, 6) is 0.966. The predicted molar refractivity (Wildman–Crippen MR) is 56.4 cm³/mol. The molecule has 0 bridgehead atoms. The van der Waals surface area contributed by atoms with Gasteiger partial charge < -0.3 is 4.57 Å². The Morgan fingerprint density at radius 2 is 2.21 bits per heavy atom. The predicted octanol–water partition coefficient (Wildman–Crippen LogP) is 2.88. The molecule has 1 aromatic rings. The highest BCUT2D eigenvalue weighted by Gasteiger charge is 2.16. The Hall–Kier alpha value is -1.05. The Bertz CT molecular complexity index is 321. The first-order chi connectivity index (χ1) is 6.77. The molecule has 14 heavy (non-hydrogen) atoms. The number of carbonyl (C=O) groups excluding carboxylic acids is 1. The first-order valence-electron chi connectivity index (χ1n) is 5.43. The summed E-state index contributed by atoms with van der Waals surface area (Å²) in [7, 11) is 0. The molecule has 0 amide bonds. The Labute approximate surface area is 84.9 Å². The molecule has 1 aliphatic carbocycles. The molecule has 0 unspecified atom stereocenters. The zero-order valence-electron chi connectivity index (χ0n) is 8.70. The van der Waals surface area contributed by atoms with E-state index in [4.69, 9.17) is 0 Å². The number of rotatable bonds is 3. The van der Waals surface area contributed by atoms with Crippen molar-refractivity contribution in [2.45, 2.75) is 39.2 Å². The van der Waals surface area contributed by atoms with Crippen LogP contribution in [0.25, 0.3) is 0 Å². The summed E-state index contributed by atoms with van der Waals surface area (Å²) >= 11 is 0. The number of carbonyl (C=O) groups is 1. The lowest BCUT2D eigenvalue weighted by Crippen LogP contribution is -2.11. The fourth-order valence-corrected chi connectivity index (χ4v) is 2.36. The molecule has 0 N–H and O–H groups in total. The molecule has 2 rings (SSSR count). The summed E-state index contributed by atoms with van der Waals surface area (Å²) in [6, 6.07) is 3.88. The Balaban J connectivity index is 2.07. The number of Topliss-reactive ketones (excluding diaryl/α,β-unsaturated/α-hetero) is 1. The van der Waals surface area contributed by atoms with Gasteiger partial charge in [-0.25, -0.2) is 0 Å². The standard InChI is InChI=1S/C12H17NO/c1-10(14)12-7-4-8-13(12)9-11-5-2-3-6-11/h4,7-8,11H,2-3,5-6,9H2,1H3. The van der Waals surface area contributed by atoms with Crippen molar-refractivity contribution in [2.24, 2.45) is 5.92 Å². The molecule has 0 saturated heterocycles. The molecule has 1 saturated carbocycles. The van der Waals surface area contributed by atoms with Crippen LogP contribution in [0.4, 0.5) is 0 Å². The third kappa shape index (κ3) is 1.89. The van der Waals surface area contributed by atoms with Gasteiger partial charge in [0.1, 0.15) is 0 Å². The van der Waals surface area contributed by atoms with Gasteiger partial charge in [-0.3, -0.25) is 4.79 Å². The Kier molecular flexibility index (Phi) is 2.71. The topological polar surface area (TPSA) is 22.0 Å². The molecule has 0 radical (unpaired) electrons. The van der Waals surface area contributed by atoms with E-state index >= 15 is 0 Å². The van der Waals surface area contributed by atoms with Crippen LogP contribution in [0.3, 0.4) is 0 Å². The zero-order valence-corrected chi connectivity index (χ0v) is 8.70. The van der Waals surface area contributed by atoms with Gasteiger partial charge in [0.25, 0.3) is 0 Å². The van der Waals surface area contributed by atoms with Crippen LogP contribution in [0.5, 0.6) is 0 Å². The van der Waals surface area contributed by atoms with Crippen LogP contribution in [0.1, 0.15) is 43.1 Å². The third-order valence-corrected chi connectivity index (χ3v) is 3.12. The summed E-state index contributed by atoms with van der Waals surface area (Å²) in [6.45, 7) is 2.67. The van der Waals surface area contributed by atoms with Crippen LogP contribution in [-0.2, 0) is 6.54 Å².